The van der Waals surface area contributed by atoms with Crippen LogP contribution < -0.4 is 15.5 Å². The van der Waals surface area contributed by atoms with E-state index in [1.165, 1.54) is 13.1 Å². The molecule has 8 nitrogen and oxygen atoms in total. The van der Waals surface area contributed by atoms with Gasteiger partial charge in [-0.15, -0.1) is 0 Å². The van der Waals surface area contributed by atoms with Crippen LogP contribution in [0.15, 0.2) is 30.5 Å². The Morgan fingerprint density at radius 2 is 2.00 bits per heavy atom. The van der Waals surface area contributed by atoms with E-state index in [0.717, 1.165) is 25.7 Å². The molecule has 1 saturated carbocycles. The largest absolute Gasteiger partial charge is 0.370 e. The van der Waals surface area contributed by atoms with E-state index in [9.17, 15) is 14.0 Å². The summed E-state index contributed by atoms with van der Waals surface area (Å²) in [5, 5.41) is 6.25. The van der Waals surface area contributed by atoms with Gasteiger partial charge in [-0.3, -0.25) is 9.59 Å². The molecule has 2 aliphatic rings. The fraction of sp³-hybridized carbons (Fsp3) is 0.455. The van der Waals surface area contributed by atoms with E-state index < -0.39 is 5.82 Å². The maximum Gasteiger partial charge on any atom is 0.253 e. The zero-order valence-corrected chi connectivity index (χ0v) is 17.4. The van der Waals surface area contributed by atoms with Gasteiger partial charge in [0.2, 0.25) is 11.9 Å². The maximum absolute atomic E-state index is 14.6. The minimum atomic E-state index is -0.523. The monoisotopic (exact) mass is 427 g/mol. The van der Waals surface area contributed by atoms with Crippen molar-refractivity contribution in [3.63, 3.8) is 0 Å². The summed E-state index contributed by atoms with van der Waals surface area (Å²) in [5.74, 6) is -0.287. The van der Waals surface area contributed by atoms with Gasteiger partial charge >= 0.3 is 0 Å². The van der Waals surface area contributed by atoms with Gasteiger partial charge in [-0.1, -0.05) is 12.1 Å². The van der Waals surface area contributed by atoms with Crippen molar-refractivity contribution >= 4 is 23.5 Å². The number of hydrogen-bond acceptors (Lipinski definition) is 6. The Kier molecular flexibility index (Phi) is 6.41. The highest BCUT2D eigenvalue weighted by molar-refractivity contribution is 5.95. The molecule has 164 valence electrons. The first-order chi connectivity index (χ1) is 15.0. The number of nitrogens with zero attached hydrogens (tertiary/aromatic N) is 3. The minimum Gasteiger partial charge on any atom is -0.370 e. The van der Waals surface area contributed by atoms with Gasteiger partial charge in [-0.25, -0.2) is 14.4 Å². The molecular formula is C22H26FN5O3. The first kappa shape index (κ1) is 21.2. The Morgan fingerprint density at radius 1 is 1.23 bits per heavy atom. The molecule has 1 aromatic heterocycles. The molecular weight excluding hydrogens is 401 g/mol. The van der Waals surface area contributed by atoms with Crippen molar-refractivity contribution in [3.05, 3.63) is 36.3 Å². The van der Waals surface area contributed by atoms with Crippen LogP contribution in [0.2, 0.25) is 0 Å². The lowest BCUT2D eigenvalue weighted by molar-refractivity contribution is -0.125. The molecule has 2 fully saturated rings. The summed E-state index contributed by atoms with van der Waals surface area (Å²) in [7, 11) is 0. The van der Waals surface area contributed by atoms with E-state index in [1.54, 1.807) is 23.1 Å². The number of carbonyl (C=O) groups is 2. The lowest BCUT2D eigenvalue weighted by Crippen LogP contribution is -2.41. The molecule has 4 rings (SSSR count). The van der Waals surface area contributed by atoms with Crippen LogP contribution in [0.3, 0.4) is 0 Å². The van der Waals surface area contributed by atoms with Crippen molar-refractivity contribution in [2.24, 2.45) is 0 Å². The fourth-order valence-electron chi connectivity index (χ4n) is 4.10. The smallest absolute Gasteiger partial charge is 0.253 e. The van der Waals surface area contributed by atoms with Gasteiger partial charge in [0.25, 0.3) is 5.91 Å². The Bertz CT molecular complexity index is 962. The number of amides is 2. The molecule has 1 aliphatic carbocycles. The summed E-state index contributed by atoms with van der Waals surface area (Å²) in [4.78, 5) is 33.5. The third-order valence-corrected chi connectivity index (χ3v) is 5.63. The molecule has 0 spiro atoms. The predicted octanol–water partition coefficient (Wildman–Crippen LogP) is 2.51. The van der Waals surface area contributed by atoms with Crippen LogP contribution in [0.5, 0.6) is 0 Å². The second-order valence-electron chi connectivity index (χ2n) is 7.93. The minimum absolute atomic E-state index is 0.0103. The molecule has 1 saturated heterocycles. The molecule has 2 amide bonds. The number of nitrogens with one attached hydrogen (secondary N) is 2. The summed E-state index contributed by atoms with van der Waals surface area (Å²) >= 11 is 0. The Hall–Kier alpha value is -3.07. The zero-order valence-electron chi connectivity index (χ0n) is 17.4. The molecule has 0 bridgehead atoms. The fourth-order valence-corrected chi connectivity index (χ4v) is 4.10. The Balaban J connectivity index is 1.48. The first-order valence-corrected chi connectivity index (χ1v) is 10.5. The highest BCUT2D eigenvalue weighted by Gasteiger charge is 2.23. The van der Waals surface area contributed by atoms with Crippen LogP contribution in [0.1, 0.15) is 32.6 Å². The summed E-state index contributed by atoms with van der Waals surface area (Å²) in [6, 6.07) is 7.50. The second kappa shape index (κ2) is 9.38. The number of anilines is 2. The van der Waals surface area contributed by atoms with Crippen LogP contribution in [0.25, 0.3) is 11.3 Å². The predicted molar refractivity (Wildman–Crippen MR) is 114 cm³/mol. The number of ether oxygens (including phenoxy) is 1. The topological polar surface area (TPSA) is 96.5 Å². The number of hydrogen-bond donors (Lipinski definition) is 2. The molecule has 1 aliphatic heterocycles. The number of halogens is 1. The molecule has 1 aromatic carbocycles. The van der Waals surface area contributed by atoms with E-state index in [4.69, 9.17) is 4.74 Å². The van der Waals surface area contributed by atoms with Gasteiger partial charge < -0.3 is 20.3 Å². The third-order valence-electron chi connectivity index (χ3n) is 5.63. The van der Waals surface area contributed by atoms with Gasteiger partial charge in [0.05, 0.1) is 12.8 Å². The zero-order chi connectivity index (χ0) is 21.8. The molecule has 2 N–H and O–H groups in total. The Morgan fingerprint density at radius 3 is 2.74 bits per heavy atom. The van der Waals surface area contributed by atoms with Crippen molar-refractivity contribution in [3.8, 4) is 11.3 Å². The van der Waals surface area contributed by atoms with Gasteiger partial charge in [0.15, 0.2) is 5.82 Å². The maximum atomic E-state index is 14.6. The van der Waals surface area contributed by atoms with Crippen LogP contribution in [-0.2, 0) is 14.3 Å². The van der Waals surface area contributed by atoms with Gasteiger partial charge in [-0.05, 0) is 37.8 Å². The van der Waals surface area contributed by atoms with Crippen molar-refractivity contribution in [2.75, 3.05) is 30.0 Å². The molecule has 0 atom stereocenters. The lowest BCUT2D eigenvalue weighted by Gasteiger charge is -2.29. The van der Waals surface area contributed by atoms with Crippen LogP contribution >= 0.6 is 0 Å². The van der Waals surface area contributed by atoms with E-state index >= 15 is 0 Å². The van der Waals surface area contributed by atoms with Crippen LogP contribution in [0, 0.1) is 5.82 Å². The van der Waals surface area contributed by atoms with Crippen molar-refractivity contribution in [2.45, 2.75) is 44.7 Å². The van der Waals surface area contributed by atoms with E-state index in [2.05, 4.69) is 20.6 Å². The molecule has 2 heterocycles. The van der Waals surface area contributed by atoms with Gasteiger partial charge in [0.1, 0.15) is 12.3 Å². The molecule has 0 unspecified atom stereocenters. The SMILES string of the molecule is CC(=O)N[C@H]1CC[C@H](Nc2ncc(F)c(-c3cccc(N4CCOCC4=O)c3)n2)CC1. The van der Waals surface area contributed by atoms with E-state index in [0.29, 0.717) is 30.4 Å². The van der Waals surface area contributed by atoms with Crippen molar-refractivity contribution in [1.29, 1.82) is 0 Å². The lowest BCUT2D eigenvalue weighted by atomic mass is 9.91. The average molecular weight is 427 g/mol. The number of benzene rings is 1. The first-order valence-electron chi connectivity index (χ1n) is 10.5. The summed E-state index contributed by atoms with van der Waals surface area (Å²) in [6.07, 6.45) is 4.66. The summed E-state index contributed by atoms with van der Waals surface area (Å²) in [6.45, 7) is 2.51. The highest BCUT2D eigenvalue weighted by atomic mass is 19.1. The van der Waals surface area contributed by atoms with Crippen LogP contribution in [0.4, 0.5) is 16.0 Å². The van der Waals surface area contributed by atoms with Crippen LogP contribution in [-0.4, -0.2) is 53.6 Å². The van der Waals surface area contributed by atoms with Gasteiger partial charge in [-0.2, -0.15) is 0 Å². The van der Waals surface area contributed by atoms with E-state index in [-0.39, 0.29) is 36.2 Å². The molecule has 2 aromatic rings. The normalized spacial score (nSPS) is 21.6. The molecule has 9 heteroatoms. The standard InChI is InChI=1S/C22H26FN5O3/c1-14(29)25-16-5-7-17(8-6-16)26-22-24-12-19(23)21(27-22)15-3-2-4-18(11-15)28-9-10-31-13-20(28)30/h2-4,11-12,16-17H,5-10,13H2,1H3,(H,25,29)(H,24,26,27)/t16-,17-. The Labute approximate surface area is 180 Å². The summed E-state index contributed by atoms with van der Waals surface area (Å²) in [5.41, 5.74) is 1.45. The number of rotatable bonds is 5. The number of carbonyl (C=O) groups excluding carboxylic acids is 2. The quantitative estimate of drug-likeness (QED) is 0.761. The second-order valence-corrected chi connectivity index (χ2v) is 7.93. The van der Waals surface area contributed by atoms with Crippen molar-refractivity contribution < 1.29 is 18.7 Å². The number of aromatic nitrogens is 2. The molecule has 0 radical (unpaired) electrons. The summed E-state index contributed by atoms with van der Waals surface area (Å²) < 4.78 is 19.7. The van der Waals surface area contributed by atoms with Gasteiger partial charge in [0, 0.05) is 36.8 Å². The third kappa shape index (κ3) is 5.16. The highest BCUT2D eigenvalue weighted by Crippen LogP contribution is 2.28. The number of morpholine rings is 1. The average Bonchev–Trinajstić information content (AvgIpc) is 2.76. The van der Waals surface area contributed by atoms with E-state index in [1.807, 2.05) is 6.07 Å². The van der Waals surface area contributed by atoms with Crippen molar-refractivity contribution in [1.82, 2.24) is 15.3 Å². The molecule has 31 heavy (non-hydrogen) atoms.